The molecule has 21 heavy (non-hydrogen) atoms. The summed E-state index contributed by atoms with van der Waals surface area (Å²) >= 11 is 7.36. The molecule has 0 radical (unpaired) electrons. The maximum absolute atomic E-state index is 12.9. The molecule has 0 amide bonds. The summed E-state index contributed by atoms with van der Waals surface area (Å²) in [6.07, 6.45) is 7.23. The molecule has 0 atom stereocenters. The topological polar surface area (TPSA) is 37.4 Å². The molecule has 1 saturated carbocycles. The van der Waals surface area contributed by atoms with Gasteiger partial charge in [-0.15, -0.1) is 22.9 Å². The average molecular weight is 348 g/mol. The third-order valence-electron chi connectivity index (χ3n) is 5.16. The van der Waals surface area contributed by atoms with Gasteiger partial charge in [0.2, 0.25) is 10.0 Å². The van der Waals surface area contributed by atoms with Gasteiger partial charge in [-0.3, -0.25) is 0 Å². The van der Waals surface area contributed by atoms with E-state index in [1.165, 1.54) is 37.0 Å². The van der Waals surface area contributed by atoms with Crippen molar-refractivity contribution >= 4 is 33.0 Å². The molecule has 1 aliphatic heterocycles. The number of hydrogen-bond donors (Lipinski definition) is 0. The third kappa shape index (κ3) is 2.78. The third-order valence-corrected chi connectivity index (χ3v) is 8.94. The quantitative estimate of drug-likeness (QED) is 0.770. The first-order valence-electron chi connectivity index (χ1n) is 7.62. The molecule has 0 bridgehead atoms. The van der Waals surface area contributed by atoms with Crippen LogP contribution in [0.1, 0.15) is 49.0 Å². The normalized spacial score (nSPS) is 23.0. The molecule has 0 N–H and O–H groups in total. The summed E-state index contributed by atoms with van der Waals surface area (Å²) in [6, 6.07) is 0. The minimum atomic E-state index is -3.38. The summed E-state index contributed by atoms with van der Waals surface area (Å²) in [7, 11) is -3.38. The van der Waals surface area contributed by atoms with Crippen molar-refractivity contribution in [3.05, 3.63) is 15.8 Å². The summed E-state index contributed by atoms with van der Waals surface area (Å²) in [5, 5.41) is 1.90. The fraction of sp³-hybridized carbons (Fsp3) is 0.733. The molecular formula is C15H22ClNO2S2. The lowest BCUT2D eigenvalue weighted by Gasteiger charge is -2.38. The highest BCUT2D eigenvalue weighted by atomic mass is 35.5. The van der Waals surface area contributed by atoms with Crippen molar-refractivity contribution in [3.63, 3.8) is 0 Å². The first-order chi connectivity index (χ1) is 9.98. The lowest BCUT2D eigenvalue weighted by Crippen LogP contribution is -2.42. The molecule has 3 nitrogen and oxygen atoms in total. The fourth-order valence-corrected chi connectivity index (χ4v) is 7.33. The zero-order chi connectivity index (χ0) is 15.1. The van der Waals surface area contributed by atoms with E-state index >= 15 is 0 Å². The van der Waals surface area contributed by atoms with Gasteiger partial charge in [0.15, 0.2) is 0 Å². The highest BCUT2D eigenvalue weighted by Gasteiger charge is 2.40. The molecular weight excluding hydrogens is 326 g/mol. The van der Waals surface area contributed by atoms with Gasteiger partial charge in [-0.1, -0.05) is 12.8 Å². The van der Waals surface area contributed by atoms with Crippen LogP contribution in [0.15, 0.2) is 10.3 Å². The van der Waals surface area contributed by atoms with E-state index in [4.69, 9.17) is 11.6 Å². The van der Waals surface area contributed by atoms with Crippen molar-refractivity contribution in [2.24, 2.45) is 5.41 Å². The van der Waals surface area contributed by atoms with Crippen LogP contribution in [0, 0.1) is 12.3 Å². The molecule has 0 aromatic carbocycles. The molecule has 118 valence electrons. The minimum Gasteiger partial charge on any atom is -0.207 e. The van der Waals surface area contributed by atoms with Gasteiger partial charge in [-0.2, -0.15) is 4.31 Å². The zero-order valence-electron chi connectivity index (χ0n) is 12.4. The van der Waals surface area contributed by atoms with Crippen LogP contribution in [0.25, 0.3) is 0 Å². The van der Waals surface area contributed by atoms with E-state index < -0.39 is 10.0 Å². The van der Waals surface area contributed by atoms with Gasteiger partial charge in [-0.25, -0.2) is 8.42 Å². The Morgan fingerprint density at radius 2 is 1.86 bits per heavy atom. The Labute approximate surface area is 136 Å². The van der Waals surface area contributed by atoms with Gasteiger partial charge in [0.1, 0.15) is 4.90 Å². The van der Waals surface area contributed by atoms with Crippen molar-refractivity contribution < 1.29 is 8.42 Å². The van der Waals surface area contributed by atoms with Crippen LogP contribution in [-0.4, -0.2) is 25.8 Å². The number of sulfonamides is 1. The van der Waals surface area contributed by atoms with Crippen molar-refractivity contribution in [1.82, 2.24) is 4.31 Å². The molecule has 1 aromatic heterocycles. The van der Waals surface area contributed by atoms with E-state index in [9.17, 15) is 8.42 Å². The van der Waals surface area contributed by atoms with E-state index in [0.717, 1.165) is 23.3 Å². The van der Waals surface area contributed by atoms with Crippen molar-refractivity contribution in [2.75, 3.05) is 13.1 Å². The number of rotatable bonds is 3. The Morgan fingerprint density at radius 3 is 2.43 bits per heavy atom. The monoisotopic (exact) mass is 347 g/mol. The summed E-state index contributed by atoms with van der Waals surface area (Å²) in [4.78, 5) is 1.24. The molecule has 6 heteroatoms. The SMILES string of the molecule is Cc1csc(CCl)c1S(=O)(=O)N1CCC2(CCCC2)CC1. The number of aryl methyl sites for hydroxylation is 1. The van der Waals surface area contributed by atoms with Gasteiger partial charge in [0, 0.05) is 18.0 Å². The highest BCUT2D eigenvalue weighted by molar-refractivity contribution is 7.89. The Hall–Kier alpha value is -0.100. The Bertz CT molecular complexity index is 608. The van der Waals surface area contributed by atoms with Crippen molar-refractivity contribution in [2.45, 2.75) is 56.2 Å². The van der Waals surface area contributed by atoms with E-state index in [1.807, 2.05) is 12.3 Å². The molecule has 3 rings (SSSR count). The Morgan fingerprint density at radius 1 is 1.24 bits per heavy atom. The standard InChI is InChI=1S/C15H22ClNO2S2/c1-12-11-20-13(10-16)14(12)21(18,19)17-8-6-15(7-9-17)4-2-3-5-15/h11H,2-10H2,1H3. The summed E-state index contributed by atoms with van der Waals surface area (Å²) in [6.45, 7) is 3.19. The zero-order valence-corrected chi connectivity index (χ0v) is 14.8. The van der Waals surface area contributed by atoms with E-state index in [2.05, 4.69) is 0 Å². The second kappa shape index (κ2) is 5.84. The lowest BCUT2D eigenvalue weighted by molar-refractivity contribution is 0.160. The second-order valence-corrected chi connectivity index (χ2v) is 9.52. The smallest absolute Gasteiger partial charge is 0.207 e. The van der Waals surface area contributed by atoms with Gasteiger partial charge in [0.25, 0.3) is 0 Å². The second-order valence-electron chi connectivity index (χ2n) is 6.42. The van der Waals surface area contributed by atoms with E-state index in [0.29, 0.717) is 23.4 Å². The number of alkyl halides is 1. The number of thiophene rings is 1. The molecule has 1 aromatic rings. The van der Waals surface area contributed by atoms with Crippen molar-refractivity contribution in [3.8, 4) is 0 Å². The number of nitrogens with zero attached hydrogens (tertiary/aromatic N) is 1. The van der Waals surface area contributed by atoms with Crippen LogP contribution in [0.4, 0.5) is 0 Å². The molecule has 2 fully saturated rings. The van der Waals surface area contributed by atoms with Gasteiger partial charge < -0.3 is 0 Å². The van der Waals surface area contributed by atoms with Crippen LogP contribution in [0.2, 0.25) is 0 Å². The maximum Gasteiger partial charge on any atom is 0.244 e. The molecule has 1 spiro atoms. The molecule has 1 aliphatic carbocycles. The van der Waals surface area contributed by atoms with Gasteiger partial charge in [-0.05, 0) is 49.0 Å². The van der Waals surface area contributed by atoms with Gasteiger partial charge >= 0.3 is 0 Å². The maximum atomic E-state index is 12.9. The van der Waals surface area contributed by atoms with Crippen LogP contribution < -0.4 is 0 Å². The van der Waals surface area contributed by atoms with Crippen LogP contribution in [0.5, 0.6) is 0 Å². The van der Waals surface area contributed by atoms with Crippen LogP contribution in [0.3, 0.4) is 0 Å². The summed E-state index contributed by atoms with van der Waals surface area (Å²) in [5.74, 6) is 0.269. The molecule has 1 saturated heterocycles. The largest absolute Gasteiger partial charge is 0.244 e. The summed E-state index contributed by atoms with van der Waals surface area (Å²) < 4.78 is 27.5. The molecule has 2 aliphatic rings. The highest BCUT2D eigenvalue weighted by Crippen LogP contribution is 2.47. The fourth-order valence-electron chi connectivity index (χ4n) is 3.88. The Kier molecular flexibility index (Phi) is 4.39. The van der Waals surface area contributed by atoms with E-state index in [1.54, 1.807) is 4.31 Å². The lowest BCUT2D eigenvalue weighted by atomic mass is 9.78. The predicted octanol–water partition coefficient (Wildman–Crippen LogP) is 4.14. The molecule has 0 unspecified atom stereocenters. The number of hydrogen-bond acceptors (Lipinski definition) is 3. The van der Waals surface area contributed by atoms with Crippen LogP contribution >= 0.6 is 22.9 Å². The Balaban J connectivity index is 1.82. The minimum absolute atomic E-state index is 0.269. The first-order valence-corrected chi connectivity index (χ1v) is 10.5. The van der Waals surface area contributed by atoms with Crippen LogP contribution in [-0.2, 0) is 15.9 Å². The van der Waals surface area contributed by atoms with E-state index in [-0.39, 0.29) is 5.88 Å². The first kappa shape index (κ1) is 15.8. The summed E-state index contributed by atoms with van der Waals surface area (Å²) in [5.41, 5.74) is 1.27. The predicted molar refractivity (Wildman–Crippen MR) is 87.5 cm³/mol. The van der Waals surface area contributed by atoms with Crippen molar-refractivity contribution in [1.29, 1.82) is 0 Å². The molecule has 2 heterocycles. The number of piperidine rings is 1. The number of halogens is 1. The van der Waals surface area contributed by atoms with Gasteiger partial charge in [0.05, 0.1) is 5.88 Å². The average Bonchev–Trinajstić information content (AvgIpc) is 3.06.